The highest BCUT2D eigenvalue weighted by molar-refractivity contribution is 5.99. The van der Waals surface area contributed by atoms with E-state index in [2.05, 4.69) is 5.32 Å². The molecule has 2 unspecified atom stereocenters. The standard InChI is InChI=1S/C27H27N3O4/c1-27-16-22(21-13-8-14-23(33-3)24(21)34-27)28-26(32)30(27)20-12-7-11-19(15-20)25(31)29(2)17-18-9-5-4-6-10-18/h4-15,22H,16-17H2,1-3H3,(H,28,32). The van der Waals surface area contributed by atoms with E-state index < -0.39 is 5.72 Å². The molecule has 2 aliphatic heterocycles. The molecule has 2 bridgehead atoms. The number of benzene rings is 3. The molecule has 1 N–H and O–H groups in total. The highest BCUT2D eigenvalue weighted by atomic mass is 16.5. The number of methoxy groups -OCH3 is 1. The van der Waals surface area contributed by atoms with Crippen molar-refractivity contribution in [3.63, 3.8) is 0 Å². The Kier molecular flexibility index (Phi) is 5.40. The van der Waals surface area contributed by atoms with Gasteiger partial charge in [0.1, 0.15) is 0 Å². The largest absolute Gasteiger partial charge is 0.493 e. The summed E-state index contributed by atoms with van der Waals surface area (Å²) in [5.74, 6) is 1.13. The van der Waals surface area contributed by atoms with Crippen molar-refractivity contribution in [3.8, 4) is 11.5 Å². The first-order chi connectivity index (χ1) is 16.4. The van der Waals surface area contributed by atoms with Gasteiger partial charge in [-0.15, -0.1) is 0 Å². The van der Waals surface area contributed by atoms with Crippen LogP contribution in [0.3, 0.4) is 0 Å². The highest BCUT2D eigenvalue weighted by Crippen LogP contribution is 2.49. The molecule has 5 rings (SSSR count). The molecule has 0 saturated carbocycles. The molecule has 3 aromatic rings. The Morgan fingerprint density at radius 1 is 1.15 bits per heavy atom. The number of ether oxygens (including phenoxy) is 2. The van der Waals surface area contributed by atoms with Crippen molar-refractivity contribution in [2.24, 2.45) is 0 Å². The summed E-state index contributed by atoms with van der Waals surface area (Å²) in [6.07, 6.45) is 0.561. The molecule has 3 amide bonds. The van der Waals surface area contributed by atoms with Gasteiger partial charge in [-0.1, -0.05) is 48.5 Å². The number of amides is 3. The maximum absolute atomic E-state index is 13.2. The lowest BCUT2D eigenvalue weighted by Gasteiger charge is -2.50. The minimum atomic E-state index is -0.938. The van der Waals surface area contributed by atoms with Crippen LogP contribution in [0.1, 0.15) is 40.9 Å². The van der Waals surface area contributed by atoms with Gasteiger partial charge in [-0.05, 0) is 36.8 Å². The van der Waals surface area contributed by atoms with E-state index in [1.54, 1.807) is 42.2 Å². The van der Waals surface area contributed by atoms with E-state index in [1.807, 2.05) is 61.5 Å². The fourth-order valence-electron chi connectivity index (χ4n) is 4.84. The Hall–Kier alpha value is -4.00. The van der Waals surface area contributed by atoms with Gasteiger partial charge in [-0.2, -0.15) is 0 Å². The molecule has 174 valence electrons. The SMILES string of the molecule is COc1cccc2c1OC1(C)CC2NC(=O)N1c1cccc(C(=O)N(C)Cc2ccccc2)c1. The van der Waals surface area contributed by atoms with Crippen molar-refractivity contribution in [2.45, 2.75) is 31.7 Å². The number of nitrogens with zero attached hydrogens (tertiary/aromatic N) is 2. The van der Waals surface area contributed by atoms with Gasteiger partial charge in [0.25, 0.3) is 5.91 Å². The highest BCUT2D eigenvalue weighted by Gasteiger charge is 2.50. The summed E-state index contributed by atoms with van der Waals surface area (Å²) in [5, 5.41) is 3.09. The second-order valence-electron chi connectivity index (χ2n) is 8.89. The normalized spacial score (nSPS) is 20.6. The number of rotatable bonds is 5. The first-order valence-electron chi connectivity index (χ1n) is 11.3. The monoisotopic (exact) mass is 457 g/mol. The van der Waals surface area contributed by atoms with E-state index in [9.17, 15) is 9.59 Å². The number of fused-ring (bicyclic) bond motifs is 4. The lowest BCUT2D eigenvalue weighted by Crippen LogP contribution is -2.65. The van der Waals surface area contributed by atoms with Crippen LogP contribution in [0.15, 0.2) is 72.8 Å². The minimum absolute atomic E-state index is 0.122. The molecular weight excluding hydrogens is 430 g/mol. The first-order valence-corrected chi connectivity index (χ1v) is 11.3. The maximum atomic E-state index is 13.2. The van der Waals surface area contributed by atoms with Gasteiger partial charge in [-0.3, -0.25) is 9.69 Å². The summed E-state index contributed by atoms with van der Waals surface area (Å²) < 4.78 is 11.9. The van der Waals surface area contributed by atoms with Gasteiger partial charge >= 0.3 is 6.03 Å². The van der Waals surface area contributed by atoms with E-state index >= 15 is 0 Å². The smallest absolute Gasteiger partial charge is 0.325 e. The predicted molar refractivity (Wildman–Crippen MR) is 129 cm³/mol. The molecule has 7 heteroatoms. The Morgan fingerprint density at radius 3 is 2.68 bits per heavy atom. The fourth-order valence-corrected chi connectivity index (χ4v) is 4.84. The third kappa shape index (κ3) is 3.73. The first kappa shape index (κ1) is 21.8. The topological polar surface area (TPSA) is 71.1 Å². The van der Waals surface area contributed by atoms with Crippen LogP contribution >= 0.6 is 0 Å². The summed E-state index contributed by atoms with van der Waals surface area (Å²) in [4.78, 5) is 29.7. The van der Waals surface area contributed by atoms with E-state index in [0.29, 0.717) is 35.7 Å². The number of para-hydroxylation sites is 1. The van der Waals surface area contributed by atoms with Crippen LogP contribution in [0.4, 0.5) is 10.5 Å². The van der Waals surface area contributed by atoms with Crippen molar-refractivity contribution in [1.82, 2.24) is 10.2 Å². The van der Waals surface area contributed by atoms with Gasteiger partial charge < -0.3 is 19.7 Å². The molecule has 0 radical (unpaired) electrons. The number of carbonyl (C=O) groups is 2. The van der Waals surface area contributed by atoms with Crippen LogP contribution in [0.2, 0.25) is 0 Å². The number of carbonyl (C=O) groups excluding carboxylic acids is 2. The summed E-state index contributed by atoms with van der Waals surface area (Å²) >= 11 is 0. The summed E-state index contributed by atoms with van der Waals surface area (Å²) in [6.45, 7) is 2.39. The van der Waals surface area contributed by atoms with Crippen molar-refractivity contribution in [1.29, 1.82) is 0 Å². The van der Waals surface area contributed by atoms with Gasteiger partial charge in [0.05, 0.1) is 18.8 Å². The second-order valence-corrected chi connectivity index (χ2v) is 8.89. The van der Waals surface area contributed by atoms with Crippen molar-refractivity contribution in [3.05, 3.63) is 89.5 Å². The van der Waals surface area contributed by atoms with Gasteiger partial charge in [0, 0.05) is 31.1 Å². The van der Waals surface area contributed by atoms with Gasteiger partial charge in [0.2, 0.25) is 0 Å². The molecule has 2 heterocycles. The van der Waals surface area contributed by atoms with Crippen molar-refractivity contribution in [2.75, 3.05) is 19.1 Å². The average Bonchev–Trinajstić information content (AvgIpc) is 2.83. The third-order valence-electron chi connectivity index (χ3n) is 6.44. The molecule has 0 aliphatic carbocycles. The molecule has 7 nitrogen and oxygen atoms in total. The third-order valence-corrected chi connectivity index (χ3v) is 6.44. The van der Waals surface area contributed by atoms with E-state index in [-0.39, 0.29) is 18.0 Å². The van der Waals surface area contributed by atoms with Crippen LogP contribution < -0.4 is 19.7 Å². The molecule has 0 aromatic heterocycles. The Balaban J connectivity index is 1.45. The molecule has 2 aliphatic rings. The Labute approximate surface area is 198 Å². The van der Waals surface area contributed by atoms with Crippen molar-refractivity contribution >= 4 is 17.6 Å². The van der Waals surface area contributed by atoms with Gasteiger partial charge in [-0.25, -0.2) is 4.79 Å². The lowest BCUT2D eigenvalue weighted by atomic mass is 9.89. The second kappa shape index (κ2) is 8.41. The lowest BCUT2D eigenvalue weighted by molar-refractivity contribution is 0.0349. The number of urea groups is 1. The fraction of sp³-hybridized carbons (Fsp3) is 0.259. The molecular formula is C27H27N3O4. The maximum Gasteiger partial charge on any atom is 0.325 e. The molecule has 0 spiro atoms. The predicted octanol–water partition coefficient (Wildman–Crippen LogP) is 4.74. The minimum Gasteiger partial charge on any atom is -0.493 e. The van der Waals surface area contributed by atoms with Crippen molar-refractivity contribution < 1.29 is 19.1 Å². The average molecular weight is 458 g/mol. The number of hydrogen-bond donors (Lipinski definition) is 1. The number of hydrogen-bond acceptors (Lipinski definition) is 4. The summed E-state index contributed by atoms with van der Waals surface area (Å²) in [5.41, 5.74) is 2.11. The van der Waals surface area contributed by atoms with Crippen LogP contribution in [-0.2, 0) is 6.54 Å². The van der Waals surface area contributed by atoms with E-state index in [0.717, 1.165) is 11.1 Å². The Bertz CT molecular complexity index is 1250. The molecule has 1 saturated heterocycles. The molecule has 2 atom stereocenters. The van der Waals surface area contributed by atoms with Crippen LogP contribution in [0.25, 0.3) is 0 Å². The van der Waals surface area contributed by atoms with Crippen LogP contribution in [-0.4, -0.2) is 36.7 Å². The zero-order valence-electron chi connectivity index (χ0n) is 19.4. The van der Waals surface area contributed by atoms with E-state index in [1.165, 1.54) is 0 Å². The number of nitrogens with one attached hydrogen (secondary N) is 1. The Morgan fingerprint density at radius 2 is 1.91 bits per heavy atom. The molecule has 1 fully saturated rings. The molecule has 34 heavy (non-hydrogen) atoms. The van der Waals surface area contributed by atoms with Crippen LogP contribution in [0, 0.1) is 0 Å². The van der Waals surface area contributed by atoms with Crippen LogP contribution in [0.5, 0.6) is 11.5 Å². The number of anilines is 1. The summed E-state index contributed by atoms with van der Waals surface area (Å²) in [6, 6.07) is 22.2. The van der Waals surface area contributed by atoms with E-state index in [4.69, 9.17) is 9.47 Å². The zero-order valence-corrected chi connectivity index (χ0v) is 19.4. The quantitative estimate of drug-likeness (QED) is 0.601. The molecule has 3 aromatic carbocycles. The summed E-state index contributed by atoms with van der Waals surface area (Å²) in [7, 11) is 3.37. The zero-order chi connectivity index (χ0) is 23.9. The van der Waals surface area contributed by atoms with Gasteiger partial charge in [0.15, 0.2) is 17.2 Å².